The topological polar surface area (TPSA) is 84.2 Å². The lowest BCUT2D eigenvalue weighted by atomic mass is 9.77. The average Bonchev–Trinajstić information content (AvgIpc) is 2.60. The van der Waals surface area contributed by atoms with Crippen LogP contribution in [0.1, 0.15) is 38.2 Å². The molecule has 1 aliphatic rings. The van der Waals surface area contributed by atoms with Crippen molar-refractivity contribution in [2.24, 2.45) is 5.73 Å². The summed E-state index contributed by atoms with van der Waals surface area (Å²) in [6, 6.07) is 9.20. The van der Waals surface area contributed by atoms with Gasteiger partial charge >= 0.3 is 0 Å². The maximum atomic E-state index is 12.5. The highest BCUT2D eigenvalue weighted by atomic mass is 16.2. The Kier molecular flexibility index (Phi) is 4.63. The molecule has 0 spiro atoms. The van der Waals surface area contributed by atoms with Crippen LogP contribution in [-0.4, -0.2) is 29.9 Å². The lowest BCUT2D eigenvalue weighted by Crippen LogP contribution is -2.61. The predicted octanol–water partition coefficient (Wildman–Crippen LogP) is 0.902. The molecule has 0 radical (unpaired) electrons. The Balaban J connectivity index is 2.38. The fraction of sp³-hybridized carbons (Fsp3) is 0.500. The first-order chi connectivity index (χ1) is 9.95. The van der Waals surface area contributed by atoms with Gasteiger partial charge in [0.2, 0.25) is 11.8 Å². The molecular formula is C16H23N3O2. The SMILES string of the molecule is C[C@H](N)C(=O)N[C@]1(C)C(=O)NCCC[C@@H]1c1ccccc1. The second kappa shape index (κ2) is 6.26. The van der Waals surface area contributed by atoms with Crippen molar-refractivity contribution in [1.82, 2.24) is 10.6 Å². The van der Waals surface area contributed by atoms with Gasteiger partial charge in [0.05, 0.1) is 6.04 Å². The molecule has 1 heterocycles. The summed E-state index contributed by atoms with van der Waals surface area (Å²) >= 11 is 0. The normalized spacial score (nSPS) is 27.4. The van der Waals surface area contributed by atoms with Crippen molar-refractivity contribution < 1.29 is 9.59 Å². The Hall–Kier alpha value is -1.88. The smallest absolute Gasteiger partial charge is 0.246 e. The zero-order chi connectivity index (χ0) is 15.5. The summed E-state index contributed by atoms with van der Waals surface area (Å²) in [6.45, 7) is 4.03. The van der Waals surface area contributed by atoms with Crippen molar-refractivity contribution in [3.63, 3.8) is 0 Å². The summed E-state index contributed by atoms with van der Waals surface area (Å²) in [6.07, 6.45) is 1.72. The van der Waals surface area contributed by atoms with Crippen molar-refractivity contribution >= 4 is 11.8 Å². The first kappa shape index (κ1) is 15.5. The Bertz CT molecular complexity index is 516. The molecule has 2 amide bonds. The quantitative estimate of drug-likeness (QED) is 0.773. The third kappa shape index (κ3) is 3.24. The summed E-state index contributed by atoms with van der Waals surface area (Å²) < 4.78 is 0. The first-order valence-corrected chi connectivity index (χ1v) is 7.36. The van der Waals surface area contributed by atoms with E-state index in [1.54, 1.807) is 13.8 Å². The van der Waals surface area contributed by atoms with E-state index >= 15 is 0 Å². The van der Waals surface area contributed by atoms with E-state index in [0.717, 1.165) is 18.4 Å². The van der Waals surface area contributed by atoms with Crippen LogP contribution in [0.4, 0.5) is 0 Å². The Morgan fingerprint density at radius 3 is 2.71 bits per heavy atom. The van der Waals surface area contributed by atoms with E-state index in [1.807, 2.05) is 30.3 Å². The van der Waals surface area contributed by atoms with E-state index in [-0.39, 0.29) is 17.7 Å². The average molecular weight is 289 g/mol. The van der Waals surface area contributed by atoms with Crippen LogP contribution in [0.5, 0.6) is 0 Å². The van der Waals surface area contributed by atoms with Gasteiger partial charge in [-0.1, -0.05) is 30.3 Å². The summed E-state index contributed by atoms with van der Waals surface area (Å²) in [7, 11) is 0. The van der Waals surface area contributed by atoms with Crippen molar-refractivity contribution in [1.29, 1.82) is 0 Å². The summed E-state index contributed by atoms with van der Waals surface area (Å²) in [5, 5.41) is 5.74. The van der Waals surface area contributed by atoms with Crippen molar-refractivity contribution in [2.75, 3.05) is 6.54 Å². The lowest BCUT2D eigenvalue weighted by Gasteiger charge is -2.36. The van der Waals surface area contributed by atoms with E-state index in [2.05, 4.69) is 10.6 Å². The maximum Gasteiger partial charge on any atom is 0.246 e. The minimum Gasteiger partial charge on any atom is -0.354 e. The van der Waals surface area contributed by atoms with Crippen molar-refractivity contribution in [2.45, 2.75) is 44.2 Å². The van der Waals surface area contributed by atoms with Crippen LogP contribution in [0.25, 0.3) is 0 Å². The molecule has 1 fully saturated rings. The van der Waals surface area contributed by atoms with Gasteiger partial charge in [-0.15, -0.1) is 0 Å². The number of carbonyl (C=O) groups is 2. The number of hydrogen-bond acceptors (Lipinski definition) is 3. The van der Waals surface area contributed by atoms with E-state index in [1.165, 1.54) is 0 Å². The molecule has 21 heavy (non-hydrogen) atoms. The predicted molar refractivity (Wildman–Crippen MR) is 81.6 cm³/mol. The molecule has 0 aliphatic carbocycles. The van der Waals surface area contributed by atoms with E-state index in [4.69, 9.17) is 5.73 Å². The van der Waals surface area contributed by atoms with Crippen LogP contribution in [0.2, 0.25) is 0 Å². The zero-order valence-electron chi connectivity index (χ0n) is 12.6. The molecule has 1 saturated heterocycles. The van der Waals surface area contributed by atoms with Crippen LogP contribution in [0, 0.1) is 0 Å². The van der Waals surface area contributed by atoms with Crippen LogP contribution in [0.15, 0.2) is 30.3 Å². The maximum absolute atomic E-state index is 12.5. The number of nitrogens with one attached hydrogen (secondary N) is 2. The highest BCUT2D eigenvalue weighted by Gasteiger charge is 2.44. The van der Waals surface area contributed by atoms with Gasteiger partial charge in [-0.2, -0.15) is 0 Å². The molecule has 4 N–H and O–H groups in total. The van der Waals surface area contributed by atoms with Crippen molar-refractivity contribution in [3.05, 3.63) is 35.9 Å². The molecule has 0 bridgehead atoms. The van der Waals surface area contributed by atoms with Gasteiger partial charge in [0.1, 0.15) is 5.54 Å². The van der Waals surface area contributed by atoms with Gasteiger partial charge in [0, 0.05) is 12.5 Å². The summed E-state index contributed by atoms with van der Waals surface area (Å²) in [5.41, 5.74) is 5.71. The Morgan fingerprint density at radius 1 is 1.43 bits per heavy atom. The van der Waals surface area contributed by atoms with Crippen LogP contribution >= 0.6 is 0 Å². The Labute approximate surface area is 125 Å². The third-order valence-electron chi connectivity index (χ3n) is 4.12. The van der Waals surface area contributed by atoms with Crippen LogP contribution in [-0.2, 0) is 9.59 Å². The zero-order valence-corrected chi connectivity index (χ0v) is 12.6. The number of benzene rings is 1. The first-order valence-electron chi connectivity index (χ1n) is 7.36. The minimum absolute atomic E-state index is 0.0658. The number of carbonyl (C=O) groups excluding carboxylic acids is 2. The molecule has 0 saturated carbocycles. The molecule has 1 aromatic carbocycles. The van der Waals surface area contributed by atoms with Crippen LogP contribution < -0.4 is 16.4 Å². The number of amides is 2. The molecule has 1 aromatic rings. The molecule has 3 atom stereocenters. The van der Waals surface area contributed by atoms with E-state index < -0.39 is 11.6 Å². The molecule has 5 nitrogen and oxygen atoms in total. The molecule has 0 unspecified atom stereocenters. The van der Waals surface area contributed by atoms with Gasteiger partial charge in [-0.25, -0.2) is 0 Å². The van der Waals surface area contributed by atoms with Crippen LogP contribution in [0.3, 0.4) is 0 Å². The molecule has 0 aromatic heterocycles. The summed E-state index contributed by atoms with van der Waals surface area (Å²) in [4.78, 5) is 24.5. The molecule has 2 rings (SSSR count). The highest BCUT2D eigenvalue weighted by molar-refractivity contribution is 5.93. The van der Waals surface area contributed by atoms with Crippen molar-refractivity contribution in [3.8, 4) is 0 Å². The van der Waals surface area contributed by atoms with Gasteiger partial charge in [-0.05, 0) is 32.3 Å². The second-order valence-electron chi connectivity index (χ2n) is 5.84. The minimum atomic E-state index is -0.984. The largest absolute Gasteiger partial charge is 0.354 e. The highest BCUT2D eigenvalue weighted by Crippen LogP contribution is 2.34. The van der Waals surface area contributed by atoms with Gasteiger partial charge in [0.25, 0.3) is 0 Å². The van der Waals surface area contributed by atoms with E-state index in [9.17, 15) is 9.59 Å². The third-order valence-corrected chi connectivity index (χ3v) is 4.12. The van der Waals surface area contributed by atoms with Gasteiger partial charge < -0.3 is 16.4 Å². The lowest BCUT2D eigenvalue weighted by molar-refractivity contribution is -0.133. The fourth-order valence-electron chi connectivity index (χ4n) is 2.84. The number of hydrogen-bond donors (Lipinski definition) is 3. The number of rotatable bonds is 3. The summed E-state index contributed by atoms with van der Waals surface area (Å²) in [5.74, 6) is -0.526. The molecule has 5 heteroatoms. The monoisotopic (exact) mass is 289 g/mol. The second-order valence-corrected chi connectivity index (χ2v) is 5.84. The van der Waals surface area contributed by atoms with Gasteiger partial charge in [0.15, 0.2) is 0 Å². The molecule has 1 aliphatic heterocycles. The fourth-order valence-corrected chi connectivity index (χ4v) is 2.84. The molecular weight excluding hydrogens is 266 g/mol. The number of nitrogens with two attached hydrogens (primary N) is 1. The molecule has 114 valence electrons. The Morgan fingerprint density at radius 2 is 2.10 bits per heavy atom. The standard InChI is InChI=1S/C16H23N3O2/c1-11(17)14(20)19-16(2)13(9-6-10-18-15(16)21)12-7-4-3-5-8-12/h3-5,7-8,11,13H,6,9-10,17H2,1-2H3,(H,18,21)(H,19,20)/t11-,13+,16-/m0/s1. The van der Waals surface area contributed by atoms with Gasteiger partial charge in [-0.3, -0.25) is 9.59 Å². The van der Waals surface area contributed by atoms with E-state index in [0.29, 0.717) is 6.54 Å².